The van der Waals surface area contributed by atoms with Gasteiger partial charge in [0.15, 0.2) is 5.75 Å². The van der Waals surface area contributed by atoms with E-state index in [2.05, 4.69) is 27.7 Å². The molecule has 0 radical (unpaired) electrons. The van der Waals surface area contributed by atoms with Gasteiger partial charge in [-0.1, -0.05) is 12.1 Å². The minimum Gasteiger partial charge on any atom is -0.497 e. The zero-order valence-electron chi connectivity index (χ0n) is 9.68. The Hall–Kier alpha value is -1.24. The number of halogens is 1. The summed E-state index contributed by atoms with van der Waals surface area (Å²) in [6.07, 6.45) is 1.73. The molecule has 4 nitrogen and oxygen atoms in total. The van der Waals surface area contributed by atoms with Crippen LogP contribution in [0.3, 0.4) is 0 Å². The molecule has 0 saturated heterocycles. The molecule has 1 heterocycles. The van der Waals surface area contributed by atoms with Crippen molar-refractivity contribution < 1.29 is 9.47 Å². The minimum atomic E-state index is 0.728. The Morgan fingerprint density at radius 2 is 1.88 bits per heavy atom. The van der Waals surface area contributed by atoms with Crippen LogP contribution in [0.1, 0.15) is 5.56 Å². The van der Waals surface area contributed by atoms with E-state index in [1.807, 2.05) is 28.9 Å². The highest BCUT2D eigenvalue weighted by Gasteiger charge is 2.08. The Bertz CT molecular complexity index is 494. The smallest absolute Gasteiger partial charge is 0.170 e. The fourth-order valence-electron chi connectivity index (χ4n) is 1.50. The zero-order valence-corrected chi connectivity index (χ0v) is 11.8. The van der Waals surface area contributed by atoms with Gasteiger partial charge < -0.3 is 9.47 Å². The molecular formula is C12H13IN2O2. The number of ether oxygens (including phenoxy) is 2. The molecule has 1 aromatic heterocycles. The zero-order chi connectivity index (χ0) is 12.3. The summed E-state index contributed by atoms with van der Waals surface area (Å²) in [6, 6.07) is 7.96. The highest BCUT2D eigenvalue weighted by atomic mass is 127. The van der Waals surface area contributed by atoms with Crippen LogP contribution >= 0.6 is 22.6 Å². The molecule has 0 aliphatic rings. The van der Waals surface area contributed by atoms with Crippen molar-refractivity contribution in [3.05, 3.63) is 39.7 Å². The maximum absolute atomic E-state index is 5.19. The van der Waals surface area contributed by atoms with Crippen LogP contribution in [0.5, 0.6) is 11.5 Å². The first-order valence-electron chi connectivity index (χ1n) is 5.13. The standard InChI is InChI=1S/C12H13IN2O2/c1-16-10-5-3-9(4-6-10)8-15-12(13)11(17-2)7-14-15/h3-7H,8H2,1-2H3. The van der Waals surface area contributed by atoms with Gasteiger partial charge in [-0.2, -0.15) is 5.10 Å². The Labute approximate surface area is 114 Å². The molecular weight excluding hydrogens is 331 g/mol. The molecule has 90 valence electrons. The number of nitrogens with zero attached hydrogens (tertiary/aromatic N) is 2. The summed E-state index contributed by atoms with van der Waals surface area (Å²) in [4.78, 5) is 0. The molecule has 0 fully saturated rings. The van der Waals surface area contributed by atoms with Crippen molar-refractivity contribution in [2.24, 2.45) is 0 Å². The first kappa shape index (κ1) is 12.2. The van der Waals surface area contributed by atoms with Gasteiger partial charge in [-0.3, -0.25) is 4.68 Å². The highest BCUT2D eigenvalue weighted by molar-refractivity contribution is 14.1. The van der Waals surface area contributed by atoms with Gasteiger partial charge in [-0.25, -0.2) is 0 Å². The lowest BCUT2D eigenvalue weighted by molar-refractivity contribution is 0.410. The molecule has 0 spiro atoms. The van der Waals surface area contributed by atoms with Gasteiger partial charge in [0.1, 0.15) is 9.45 Å². The first-order chi connectivity index (χ1) is 8.24. The lowest BCUT2D eigenvalue weighted by atomic mass is 10.2. The van der Waals surface area contributed by atoms with E-state index in [9.17, 15) is 0 Å². The number of hydrogen-bond acceptors (Lipinski definition) is 3. The van der Waals surface area contributed by atoms with Crippen LogP contribution < -0.4 is 9.47 Å². The average Bonchev–Trinajstić information content (AvgIpc) is 2.71. The van der Waals surface area contributed by atoms with Crippen LogP contribution in [-0.4, -0.2) is 24.0 Å². The fourth-order valence-corrected chi connectivity index (χ4v) is 2.16. The van der Waals surface area contributed by atoms with Gasteiger partial charge in [0.2, 0.25) is 0 Å². The number of hydrogen-bond donors (Lipinski definition) is 0. The lowest BCUT2D eigenvalue weighted by Crippen LogP contribution is -2.03. The minimum absolute atomic E-state index is 0.728. The van der Waals surface area contributed by atoms with Crippen molar-refractivity contribution in [1.82, 2.24) is 9.78 Å². The van der Waals surface area contributed by atoms with Crippen LogP contribution in [0.4, 0.5) is 0 Å². The number of methoxy groups -OCH3 is 2. The molecule has 1 aromatic carbocycles. The van der Waals surface area contributed by atoms with Crippen molar-refractivity contribution in [1.29, 1.82) is 0 Å². The van der Waals surface area contributed by atoms with Gasteiger partial charge in [0, 0.05) is 0 Å². The van der Waals surface area contributed by atoms with Gasteiger partial charge >= 0.3 is 0 Å². The topological polar surface area (TPSA) is 36.3 Å². The van der Waals surface area contributed by atoms with E-state index in [0.717, 1.165) is 21.7 Å². The molecule has 0 atom stereocenters. The van der Waals surface area contributed by atoms with Crippen LogP contribution in [0, 0.1) is 3.70 Å². The first-order valence-corrected chi connectivity index (χ1v) is 6.20. The van der Waals surface area contributed by atoms with Gasteiger partial charge in [0.05, 0.1) is 27.0 Å². The summed E-state index contributed by atoms with van der Waals surface area (Å²) in [5, 5.41) is 4.28. The van der Waals surface area contributed by atoms with Gasteiger partial charge in [0.25, 0.3) is 0 Å². The molecule has 0 bridgehead atoms. The number of benzene rings is 1. The third kappa shape index (κ3) is 2.71. The molecule has 0 aliphatic heterocycles. The second-order valence-corrected chi connectivity index (χ2v) is 4.53. The van der Waals surface area contributed by atoms with E-state index in [1.54, 1.807) is 20.4 Å². The van der Waals surface area contributed by atoms with Crippen molar-refractivity contribution in [2.75, 3.05) is 14.2 Å². The van der Waals surface area contributed by atoms with Gasteiger partial charge in [-0.15, -0.1) is 0 Å². The molecule has 0 aliphatic carbocycles. The van der Waals surface area contributed by atoms with E-state index < -0.39 is 0 Å². The Kier molecular flexibility index (Phi) is 3.88. The second kappa shape index (κ2) is 5.39. The van der Waals surface area contributed by atoms with Crippen molar-refractivity contribution in [3.63, 3.8) is 0 Å². The largest absolute Gasteiger partial charge is 0.497 e. The fraction of sp³-hybridized carbons (Fsp3) is 0.250. The predicted octanol–water partition coefficient (Wildman–Crippen LogP) is 2.55. The molecule has 0 saturated carbocycles. The van der Waals surface area contributed by atoms with Gasteiger partial charge in [-0.05, 0) is 40.3 Å². The monoisotopic (exact) mass is 344 g/mol. The number of rotatable bonds is 4. The maximum atomic E-state index is 5.19. The van der Waals surface area contributed by atoms with Crippen LogP contribution in [0.15, 0.2) is 30.5 Å². The quantitative estimate of drug-likeness (QED) is 0.800. The molecule has 17 heavy (non-hydrogen) atoms. The molecule has 2 rings (SSSR count). The SMILES string of the molecule is COc1ccc(Cn2ncc(OC)c2I)cc1. The van der Waals surface area contributed by atoms with Crippen LogP contribution in [0.25, 0.3) is 0 Å². The summed E-state index contributed by atoms with van der Waals surface area (Å²) in [6.45, 7) is 0.728. The van der Waals surface area contributed by atoms with E-state index >= 15 is 0 Å². The summed E-state index contributed by atoms with van der Waals surface area (Å²) in [5.41, 5.74) is 1.18. The van der Waals surface area contributed by atoms with E-state index in [-0.39, 0.29) is 0 Å². The Morgan fingerprint density at radius 1 is 1.18 bits per heavy atom. The average molecular weight is 344 g/mol. The van der Waals surface area contributed by atoms with Crippen LogP contribution in [0.2, 0.25) is 0 Å². The molecule has 0 unspecified atom stereocenters. The molecule has 0 amide bonds. The number of aromatic nitrogens is 2. The van der Waals surface area contributed by atoms with E-state index in [4.69, 9.17) is 9.47 Å². The van der Waals surface area contributed by atoms with Crippen molar-refractivity contribution >= 4 is 22.6 Å². The summed E-state index contributed by atoms with van der Waals surface area (Å²) >= 11 is 2.23. The van der Waals surface area contributed by atoms with Crippen molar-refractivity contribution in [3.8, 4) is 11.5 Å². The normalized spacial score (nSPS) is 10.3. The molecule has 2 aromatic rings. The summed E-state index contributed by atoms with van der Waals surface area (Å²) in [5.74, 6) is 1.67. The van der Waals surface area contributed by atoms with Crippen molar-refractivity contribution in [2.45, 2.75) is 6.54 Å². The highest BCUT2D eigenvalue weighted by Crippen LogP contribution is 2.20. The predicted molar refractivity (Wildman–Crippen MR) is 73.6 cm³/mol. The van der Waals surface area contributed by atoms with E-state index in [0.29, 0.717) is 0 Å². The summed E-state index contributed by atoms with van der Waals surface area (Å²) in [7, 11) is 3.31. The summed E-state index contributed by atoms with van der Waals surface area (Å²) < 4.78 is 13.2. The molecule has 5 heteroatoms. The third-order valence-electron chi connectivity index (χ3n) is 2.46. The van der Waals surface area contributed by atoms with E-state index in [1.165, 1.54) is 5.56 Å². The molecule has 0 N–H and O–H groups in total. The van der Waals surface area contributed by atoms with Crippen LogP contribution in [-0.2, 0) is 6.54 Å². The lowest BCUT2D eigenvalue weighted by Gasteiger charge is -2.05. The Morgan fingerprint density at radius 3 is 2.41 bits per heavy atom. The maximum Gasteiger partial charge on any atom is 0.170 e. The second-order valence-electron chi connectivity index (χ2n) is 3.51. The Balaban J connectivity index is 2.16. The third-order valence-corrected chi connectivity index (χ3v) is 3.54.